The number of hydrogen-bond acceptors (Lipinski definition) is 4. The summed E-state index contributed by atoms with van der Waals surface area (Å²) in [6.45, 7) is 0. The molecule has 8 heteroatoms. The fourth-order valence-electron chi connectivity index (χ4n) is 1.69. The van der Waals surface area contributed by atoms with Crippen molar-refractivity contribution < 1.29 is 13.2 Å². The maximum Gasteiger partial charge on any atom is 0.416 e. The Balaban J connectivity index is 2.11. The molecule has 0 aliphatic rings. The average Bonchev–Trinajstić information content (AvgIpc) is 2.89. The first-order valence-corrected chi connectivity index (χ1v) is 5.48. The van der Waals surface area contributed by atoms with Crippen LogP contribution in [0.1, 0.15) is 22.9 Å². The van der Waals surface area contributed by atoms with Crippen LogP contribution >= 0.6 is 0 Å². The van der Waals surface area contributed by atoms with Gasteiger partial charge in [0.15, 0.2) is 0 Å². The molecule has 0 saturated heterocycles. The molecule has 102 valence electrons. The highest BCUT2D eigenvalue weighted by Gasteiger charge is 2.30. The van der Waals surface area contributed by atoms with Gasteiger partial charge in [-0.25, -0.2) is 0 Å². The van der Waals surface area contributed by atoms with Crippen LogP contribution in [-0.2, 0) is 12.6 Å². The standard InChI is InChI=1S/C11H12F3N5/c12-11(13,14)8-3-1-7(2-4-8)5-9(17-15)10-6-16-19-18-10/h1-4,6,9,17H,5,15H2,(H,16,18,19). The van der Waals surface area contributed by atoms with Crippen LogP contribution in [0.5, 0.6) is 0 Å². The predicted octanol–water partition coefficient (Wildman–Crippen LogP) is 1.57. The van der Waals surface area contributed by atoms with Crippen molar-refractivity contribution in [2.24, 2.45) is 5.84 Å². The maximum atomic E-state index is 12.4. The predicted molar refractivity (Wildman–Crippen MR) is 61.6 cm³/mol. The summed E-state index contributed by atoms with van der Waals surface area (Å²) in [6.07, 6.45) is -2.40. The number of alkyl halides is 3. The Labute approximate surface area is 107 Å². The molecular weight excluding hydrogens is 259 g/mol. The SMILES string of the molecule is NNC(Cc1ccc(C(F)(F)F)cc1)c1cn[nH]n1. The molecule has 0 bridgehead atoms. The molecule has 19 heavy (non-hydrogen) atoms. The lowest BCUT2D eigenvalue weighted by atomic mass is 10.0. The van der Waals surface area contributed by atoms with Crippen LogP contribution in [0.2, 0.25) is 0 Å². The van der Waals surface area contributed by atoms with Crippen molar-refractivity contribution in [1.82, 2.24) is 20.8 Å². The minimum Gasteiger partial charge on any atom is -0.271 e. The van der Waals surface area contributed by atoms with Crippen LogP contribution in [0.15, 0.2) is 30.5 Å². The van der Waals surface area contributed by atoms with Gasteiger partial charge in [-0.2, -0.15) is 28.6 Å². The van der Waals surface area contributed by atoms with E-state index < -0.39 is 11.7 Å². The number of nitrogens with zero attached hydrogens (tertiary/aromatic N) is 2. The van der Waals surface area contributed by atoms with E-state index in [0.717, 1.165) is 17.7 Å². The van der Waals surface area contributed by atoms with Gasteiger partial charge in [-0.15, -0.1) is 0 Å². The number of halogens is 3. The molecule has 1 aromatic carbocycles. The number of hydrazine groups is 1. The van der Waals surface area contributed by atoms with Crippen LogP contribution in [0.4, 0.5) is 13.2 Å². The zero-order chi connectivity index (χ0) is 13.9. The number of aromatic nitrogens is 3. The van der Waals surface area contributed by atoms with Gasteiger partial charge in [0.1, 0.15) is 5.69 Å². The Hall–Kier alpha value is -1.93. The van der Waals surface area contributed by atoms with Gasteiger partial charge < -0.3 is 0 Å². The summed E-state index contributed by atoms with van der Waals surface area (Å²) in [4.78, 5) is 0. The lowest BCUT2D eigenvalue weighted by Crippen LogP contribution is -2.29. The van der Waals surface area contributed by atoms with Crippen molar-refractivity contribution in [3.63, 3.8) is 0 Å². The zero-order valence-electron chi connectivity index (χ0n) is 9.78. The van der Waals surface area contributed by atoms with Crippen molar-refractivity contribution in [2.45, 2.75) is 18.6 Å². The average molecular weight is 271 g/mol. The Bertz CT molecular complexity index is 506. The van der Waals surface area contributed by atoms with E-state index >= 15 is 0 Å². The molecule has 0 aliphatic carbocycles. The first-order chi connectivity index (χ1) is 9.00. The zero-order valence-corrected chi connectivity index (χ0v) is 9.78. The second-order valence-corrected chi connectivity index (χ2v) is 4.01. The number of H-pyrrole nitrogens is 1. The van der Waals surface area contributed by atoms with Gasteiger partial charge in [-0.1, -0.05) is 12.1 Å². The molecule has 1 aromatic heterocycles. The highest BCUT2D eigenvalue weighted by Crippen LogP contribution is 2.29. The van der Waals surface area contributed by atoms with Gasteiger partial charge in [0.25, 0.3) is 0 Å². The number of nitrogens with one attached hydrogen (secondary N) is 2. The van der Waals surface area contributed by atoms with Crippen LogP contribution in [0.25, 0.3) is 0 Å². The van der Waals surface area contributed by atoms with E-state index in [0.29, 0.717) is 12.1 Å². The van der Waals surface area contributed by atoms with Crippen molar-refractivity contribution in [1.29, 1.82) is 0 Å². The third-order valence-corrected chi connectivity index (χ3v) is 2.71. The summed E-state index contributed by atoms with van der Waals surface area (Å²) < 4.78 is 37.3. The van der Waals surface area contributed by atoms with Gasteiger partial charge >= 0.3 is 6.18 Å². The number of rotatable bonds is 4. The number of hydrogen-bond donors (Lipinski definition) is 3. The number of aromatic amines is 1. The summed E-state index contributed by atoms with van der Waals surface area (Å²) in [7, 11) is 0. The van der Waals surface area contributed by atoms with Gasteiger partial charge in [-0.05, 0) is 24.1 Å². The van der Waals surface area contributed by atoms with E-state index in [1.54, 1.807) is 0 Å². The van der Waals surface area contributed by atoms with Gasteiger partial charge in [0, 0.05) is 0 Å². The maximum absolute atomic E-state index is 12.4. The molecule has 0 saturated carbocycles. The highest BCUT2D eigenvalue weighted by atomic mass is 19.4. The van der Waals surface area contributed by atoms with E-state index in [-0.39, 0.29) is 6.04 Å². The lowest BCUT2D eigenvalue weighted by Gasteiger charge is -2.13. The highest BCUT2D eigenvalue weighted by molar-refractivity contribution is 5.25. The second kappa shape index (κ2) is 5.37. The first kappa shape index (κ1) is 13.5. The minimum atomic E-state index is -4.32. The molecule has 0 amide bonds. The summed E-state index contributed by atoms with van der Waals surface area (Å²) >= 11 is 0. The second-order valence-electron chi connectivity index (χ2n) is 4.01. The molecule has 2 aromatic rings. The van der Waals surface area contributed by atoms with Gasteiger partial charge in [-0.3, -0.25) is 11.3 Å². The van der Waals surface area contributed by atoms with Crippen molar-refractivity contribution in [3.05, 3.63) is 47.3 Å². The van der Waals surface area contributed by atoms with Crippen molar-refractivity contribution >= 4 is 0 Å². The molecule has 1 atom stereocenters. The largest absolute Gasteiger partial charge is 0.416 e. The van der Waals surface area contributed by atoms with Crippen LogP contribution in [0, 0.1) is 0 Å². The third kappa shape index (κ3) is 3.30. The molecular formula is C11H12F3N5. The van der Waals surface area contributed by atoms with Crippen LogP contribution in [0.3, 0.4) is 0 Å². The molecule has 2 rings (SSSR count). The normalized spacial score (nSPS) is 13.5. The molecule has 5 nitrogen and oxygen atoms in total. The van der Waals surface area contributed by atoms with Crippen molar-refractivity contribution in [2.75, 3.05) is 0 Å². The first-order valence-electron chi connectivity index (χ1n) is 5.48. The molecule has 0 aliphatic heterocycles. The van der Waals surface area contributed by atoms with Crippen molar-refractivity contribution in [3.8, 4) is 0 Å². The fourth-order valence-corrected chi connectivity index (χ4v) is 1.69. The monoisotopic (exact) mass is 271 g/mol. The summed E-state index contributed by atoms with van der Waals surface area (Å²) in [5.41, 5.74) is 3.20. The quantitative estimate of drug-likeness (QED) is 0.582. The molecule has 1 heterocycles. The minimum absolute atomic E-state index is 0.310. The van der Waals surface area contributed by atoms with Gasteiger partial charge in [0.05, 0.1) is 17.8 Å². The smallest absolute Gasteiger partial charge is 0.271 e. The van der Waals surface area contributed by atoms with E-state index in [1.165, 1.54) is 18.3 Å². The van der Waals surface area contributed by atoms with E-state index in [4.69, 9.17) is 5.84 Å². The topological polar surface area (TPSA) is 79.6 Å². The number of nitrogens with two attached hydrogens (primary N) is 1. The lowest BCUT2D eigenvalue weighted by molar-refractivity contribution is -0.137. The number of benzene rings is 1. The molecule has 0 fully saturated rings. The Morgan fingerprint density at radius 3 is 2.42 bits per heavy atom. The molecule has 0 radical (unpaired) electrons. The van der Waals surface area contributed by atoms with E-state index in [9.17, 15) is 13.2 Å². The van der Waals surface area contributed by atoms with Crippen LogP contribution in [-0.4, -0.2) is 15.4 Å². The van der Waals surface area contributed by atoms with Crippen LogP contribution < -0.4 is 11.3 Å². The Morgan fingerprint density at radius 1 is 1.26 bits per heavy atom. The van der Waals surface area contributed by atoms with E-state index in [1.807, 2.05) is 0 Å². The van der Waals surface area contributed by atoms with Gasteiger partial charge in [0.2, 0.25) is 0 Å². The molecule has 0 spiro atoms. The van der Waals surface area contributed by atoms with E-state index in [2.05, 4.69) is 20.8 Å². The molecule has 1 unspecified atom stereocenters. The summed E-state index contributed by atoms with van der Waals surface area (Å²) in [5.74, 6) is 5.40. The third-order valence-electron chi connectivity index (χ3n) is 2.71. The Morgan fingerprint density at radius 2 is 1.95 bits per heavy atom. The molecule has 4 N–H and O–H groups in total. The fraction of sp³-hybridized carbons (Fsp3) is 0.273. The summed E-state index contributed by atoms with van der Waals surface area (Å²) in [5, 5.41) is 10.00. The summed E-state index contributed by atoms with van der Waals surface area (Å²) in [6, 6.07) is 4.63. The Kier molecular flexibility index (Phi) is 3.82.